The summed E-state index contributed by atoms with van der Waals surface area (Å²) in [6.45, 7) is 4.48. The highest BCUT2D eigenvalue weighted by molar-refractivity contribution is 6.30. The van der Waals surface area contributed by atoms with Gasteiger partial charge in [-0.05, 0) is 24.1 Å². The molecular weight excluding hydrogens is 230 g/mol. The third-order valence-electron chi connectivity index (χ3n) is 3.87. The van der Waals surface area contributed by atoms with Crippen LogP contribution in [0.15, 0.2) is 24.3 Å². The summed E-state index contributed by atoms with van der Waals surface area (Å²) in [4.78, 5) is 0. The van der Waals surface area contributed by atoms with Gasteiger partial charge in [-0.3, -0.25) is 0 Å². The highest BCUT2D eigenvalue weighted by atomic mass is 35.5. The van der Waals surface area contributed by atoms with Gasteiger partial charge in [-0.1, -0.05) is 56.3 Å². The lowest BCUT2D eigenvalue weighted by atomic mass is 9.71. The monoisotopic (exact) mass is 251 g/mol. The molecule has 0 bridgehead atoms. The van der Waals surface area contributed by atoms with Crippen molar-refractivity contribution >= 4 is 11.6 Å². The van der Waals surface area contributed by atoms with Crippen LogP contribution in [0.2, 0.25) is 5.02 Å². The molecule has 0 aliphatic carbocycles. The topological polar surface area (TPSA) is 12.0 Å². The molecule has 17 heavy (non-hydrogen) atoms. The van der Waals surface area contributed by atoms with Gasteiger partial charge < -0.3 is 5.32 Å². The zero-order valence-corrected chi connectivity index (χ0v) is 11.4. The molecule has 1 fully saturated rings. The molecule has 1 heterocycles. The van der Waals surface area contributed by atoms with Crippen LogP contribution in [0.3, 0.4) is 0 Å². The Balaban J connectivity index is 1.99. The van der Waals surface area contributed by atoms with Gasteiger partial charge in [0.1, 0.15) is 0 Å². The third kappa shape index (κ3) is 3.02. The number of hydrogen-bond acceptors (Lipinski definition) is 1. The average molecular weight is 252 g/mol. The molecular formula is C15H22ClN. The van der Waals surface area contributed by atoms with E-state index in [9.17, 15) is 0 Å². The minimum absolute atomic E-state index is 0.360. The number of benzene rings is 1. The van der Waals surface area contributed by atoms with Crippen LogP contribution in [0.1, 0.15) is 44.6 Å². The lowest BCUT2D eigenvalue weighted by molar-refractivity contribution is 0.249. The van der Waals surface area contributed by atoms with E-state index in [4.69, 9.17) is 11.6 Å². The molecule has 0 saturated carbocycles. The number of hydrogen-bond donors (Lipinski definition) is 1. The number of rotatable bonds is 6. The molecule has 1 aromatic rings. The Morgan fingerprint density at radius 3 is 2.65 bits per heavy atom. The normalized spacial score (nSPS) is 17.8. The molecule has 0 radical (unpaired) electrons. The molecule has 1 aliphatic heterocycles. The molecule has 0 aromatic heterocycles. The third-order valence-corrected chi connectivity index (χ3v) is 4.11. The van der Waals surface area contributed by atoms with Gasteiger partial charge in [-0.2, -0.15) is 0 Å². The molecule has 2 rings (SSSR count). The maximum absolute atomic E-state index is 6.10. The fraction of sp³-hybridized carbons (Fsp3) is 0.600. The standard InChI is InChI=1S/C15H22ClN/c1-2-3-4-5-9-15(11-17-12-15)13-7-6-8-14(16)10-13/h6-8,10,17H,2-5,9,11-12H2,1H3. The van der Waals surface area contributed by atoms with Crippen molar-refractivity contribution in [1.29, 1.82) is 0 Å². The first-order chi connectivity index (χ1) is 8.27. The fourth-order valence-electron chi connectivity index (χ4n) is 2.66. The molecule has 0 amide bonds. The fourth-order valence-corrected chi connectivity index (χ4v) is 2.85. The van der Waals surface area contributed by atoms with Gasteiger partial charge >= 0.3 is 0 Å². The highest BCUT2D eigenvalue weighted by Gasteiger charge is 2.37. The molecule has 1 N–H and O–H groups in total. The van der Waals surface area contributed by atoms with Crippen molar-refractivity contribution in [2.24, 2.45) is 0 Å². The van der Waals surface area contributed by atoms with Crippen LogP contribution < -0.4 is 5.32 Å². The van der Waals surface area contributed by atoms with E-state index in [0.29, 0.717) is 5.41 Å². The quantitative estimate of drug-likeness (QED) is 0.749. The van der Waals surface area contributed by atoms with Crippen LogP contribution in [-0.2, 0) is 5.41 Å². The van der Waals surface area contributed by atoms with E-state index in [2.05, 4.69) is 30.4 Å². The summed E-state index contributed by atoms with van der Waals surface area (Å²) in [5.74, 6) is 0. The summed E-state index contributed by atoms with van der Waals surface area (Å²) in [6.07, 6.45) is 6.66. The predicted octanol–water partition coefficient (Wildman–Crippen LogP) is 4.15. The van der Waals surface area contributed by atoms with E-state index in [1.165, 1.54) is 37.7 Å². The van der Waals surface area contributed by atoms with Crippen molar-refractivity contribution in [3.8, 4) is 0 Å². The Bertz CT molecular complexity index is 358. The SMILES string of the molecule is CCCCCCC1(c2cccc(Cl)c2)CNC1. The molecule has 2 heteroatoms. The lowest BCUT2D eigenvalue weighted by Gasteiger charge is -2.43. The number of halogens is 1. The van der Waals surface area contributed by atoms with Crippen LogP contribution >= 0.6 is 11.6 Å². The molecule has 1 saturated heterocycles. The van der Waals surface area contributed by atoms with E-state index >= 15 is 0 Å². The van der Waals surface area contributed by atoms with E-state index in [0.717, 1.165) is 18.1 Å². The molecule has 0 unspecified atom stereocenters. The zero-order chi connectivity index (χ0) is 12.1. The van der Waals surface area contributed by atoms with Gasteiger partial charge in [0.25, 0.3) is 0 Å². The zero-order valence-electron chi connectivity index (χ0n) is 10.6. The van der Waals surface area contributed by atoms with Crippen molar-refractivity contribution in [3.63, 3.8) is 0 Å². The van der Waals surface area contributed by atoms with Crippen molar-refractivity contribution in [1.82, 2.24) is 5.32 Å². The maximum atomic E-state index is 6.10. The van der Waals surface area contributed by atoms with E-state index < -0.39 is 0 Å². The Morgan fingerprint density at radius 2 is 2.06 bits per heavy atom. The van der Waals surface area contributed by atoms with Crippen molar-refractivity contribution in [2.75, 3.05) is 13.1 Å². The van der Waals surface area contributed by atoms with Gasteiger partial charge in [0.15, 0.2) is 0 Å². The second-order valence-corrected chi connectivity index (χ2v) is 5.64. The molecule has 0 spiro atoms. The molecule has 94 valence electrons. The Hall–Kier alpha value is -0.530. The molecule has 1 aromatic carbocycles. The first-order valence-corrected chi connectivity index (χ1v) is 7.11. The van der Waals surface area contributed by atoms with Crippen LogP contribution in [0, 0.1) is 0 Å². The van der Waals surface area contributed by atoms with Gasteiger partial charge in [0, 0.05) is 23.5 Å². The Labute approximate surface area is 110 Å². The number of unbranched alkanes of at least 4 members (excludes halogenated alkanes) is 3. The minimum atomic E-state index is 0.360. The van der Waals surface area contributed by atoms with Crippen molar-refractivity contribution in [2.45, 2.75) is 44.4 Å². The van der Waals surface area contributed by atoms with Crippen LogP contribution in [0.4, 0.5) is 0 Å². The number of nitrogens with one attached hydrogen (secondary N) is 1. The Kier molecular flexibility index (Phi) is 4.47. The van der Waals surface area contributed by atoms with Crippen molar-refractivity contribution in [3.05, 3.63) is 34.9 Å². The smallest absolute Gasteiger partial charge is 0.0408 e. The van der Waals surface area contributed by atoms with Crippen molar-refractivity contribution < 1.29 is 0 Å². The van der Waals surface area contributed by atoms with Crippen LogP contribution in [0.5, 0.6) is 0 Å². The van der Waals surface area contributed by atoms with Gasteiger partial charge in [-0.15, -0.1) is 0 Å². The molecule has 0 atom stereocenters. The summed E-state index contributed by atoms with van der Waals surface area (Å²) >= 11 is 6.10. The highest BCUT2D eigenvalue weighted by Crippen LogP contribution is 2.35. The van der Waals surface area contributed by atoms with E-state index in [-0.39, 0.29) is 0 Å². The predicted molar refractivity (Wildman–Crippen MR) is 74.8 cm³/mol. The largest absolute Gasteiger partial charge is 0.315 e. The molecule has 1 aliphatic rings. The average Bonchev–Trinajstić information content (AvgIpc) is 2.27. The van der Waals surface area contributed by atoms with Gasteiger partial charge in [0.05, 0.1) is 0 Å². The first-order valence-electron chi connectivity index (χ1n) is 6.74. The summed E-state index contributed by atoms with van der Waals surface area (Å²) in [7, 11) is 0. The Morgan fingerprint density at radius 1 is 1.24 bits per heavy atom. The van der Waals surface area contributed by atoms with Gasteiger partial charge in [-0.25, -0.2) is 0 Å². The van der Waals surface area contributed by atoms with Crippen LogP contribution in [0.25, 0.3) is 0 Å². The summed E-state index contributed by atoms with van der Waals surface area (Å²) < 4.78 is 0. The summed E-state index contributed by atoms with van der Waals surface area (Å²) in [5, 5.41) is 4.28. The summed E-state index contributed by atoms with van der Waals surface area (Å²) in [6, 6.07) is 8.40. The van der Waals surface area contributed by atoms with E-state index in [1.54, 1.807) is 0 Å². The summed E-state index contributed by atoms with van der Waals surface area (Å²) in [5.41, 5.74) is 1.78. The second kappa shape index (κ2) is 5.88. The second-order valence-electron chi connectivity index (χ2n) is 5.20. The molecule has 1 nitrogen and oxygen atoms in total. The van der Waals surface area contributed by atoms with Gasteiger partial charge in [0.2, 0.25) is 0 Å². The van der Waals surface area contributed by atoms with Crippen LogP contribution in [-0.4, -0.2) is 13.1 Å². The minimum Gasteiger partial charge on any atom is -0.315 e. The first kappa shape index (κ1) is 12.9. The lowest BCUT2D eigenvalue weighted by Crippen LogP contribution is -2.56. The van der Waals surface area contributed by atoms with E-state index in [1.807, 2.05) is 6.07 Å². The maximum Gasteiger partial charge on any atom is 0.0408 e.